The van der Waals surface area contributed by atoms with Gasteiger partial charge in [-0.1, -0.05) is 0 Å². The van der Waals surface area contributed by atoms with Crippen molar-refractivity contribution in [3.63, 3.8) is 0 Å². The molecule has 1 fully saturated rings. The smallest absolute Gasteiger partial charge is 0.0516 e. The third-order valence-corrected chi connectivity index (χ3v) is 3.55. The van der Waals surface area contributed by atoms with Gasteiger partial charge in [-0.3, -0.25) is 0 Å². The maximum atomic E-state index is 9.48. The summed E-state index contributed by atoms with van der Waals surface area (Å²) in [4.78, 5) is 5.58. The van der Waals surface area contributed by atoms with Gasteiger partial charge in [0, 0.05) is 17.8 Å². The van der Waals surface area contributed by atoms with E-state index in [9.17, 15) is 5.11 Å². The van der Waals surface area contributed by atoms with E-state index in [1.54, 1.807) is 0 Å². The molecule has 2 rings (SSSR count). The summed E-state index contributed by atoms with van der Waals surface area (Å²) in [6, 6.07) is 4.09. The van der Waals surface area contributed by atoms with Crippen molar-refractivity contribution in [1.29, 1.82) is 0 Å². The summed E-state index contributed by atoms with van der Waals surface area (Å²) in [5.74, 6) is 0.929. The predicted molar refractivity (Wildman–Crippen MR) is 60.8 cm³/mol. The van der Waals surface area contributed by atoms with E-state index >= 15 is 0 Å². The zero-order valence-electron chi connectivity index (χ0n) is 9.32. The monoisotopic (exact) mass is 208 g/mol. The normalized spacial score (nSPS) is 21.7. The quantitative estimate of drug-likeness (QED) is 0.789. The van der Waals surface area contributed by atoms with Crippen molar-refractivity contribution in [3.8, 4) is 0 Å². The van der Waals surface area contributed by atoms with Gasteiger partial charge in [0.25, 0.3) is 0 Å². The lowest BCUT2D eigenvalue weighted by Crippen LogP contribution is -2.33. The molecule has 3 nitrogen and oxygen atoms in total. The van der Waals surface area contributed by atoms with Crippen LogP contribution in [-0.2, 0) is 0 Å². The molecular formula is C12H20N2O. The number of piperidine rings is 1. The maximum Gasteiger partial charge on any atom is 0.0516 e. The van der Waals surface area contributed by atoms with Crippen LogP contribution in [-0.4, -0.2) is 41.7 Å². The topological polar surface area (TPSA) is 39.3 Å². The number of aromatic nitrogens is 1. The second-order valence-electron chi connectivity index (χ2n) is 4.56. The zero-order valence-corrected chi connectivity index (χ0v) is 9.32. The third kappa shape index (κ3) is 2.41. The van der Waals surface area contributed by atoms with E-state index in [1.165, 1.54) is 18.5 Å². The molecule has 84 valence electrons. The van der Waals surface area contributed by atoms with Crippen LogP contribution in [0.1, 0.15) is 24.5 Å². The number of H-pyrrole nitrogens is 1. The molecule has 1 aromatic heterocycles. The number of aliphatic hydroxyl groups excluding tert-OH is 1. The summed E-state index contributed by atoms with van der Waals surface area (Å²) < 4.78 is 0. The molecule has 1 atom stereocenters. The van der Waals surface area contributed by atoms with E-state index in [2.05, 4.69) is 23.0 Å². The average Bonchev–Trinajstić information content (AvgIpc) is 2.75. The molecule has 0 radical (unpaired) electrons. The highest BCUT2D eigenvalue weighted by atomic mass is 16.3. The molecule has 1 aromatic rings. The van der Waals surface area contributed by atoms with Gasteiger partial charge in [0.1, 0.15) is 0 Å². The number of rotatable bonds is 3. The second-order valence-corrected chi connectivity index (χ2v) is 4.56. The number of aromatic amines is 1. The van der Waals surface area contributed by atoms with Crippen molar-refractivity contribution in [3.05, 3.63) is 24.0 Å². The molecule has 1 unspecified atom stereocenters. The van der Waals surface area contributed by atoms with Gasteiger partial charge >= 0.3 is 0 Å². The van der Waals surface area contributed by atoms with Gasteiger partial charge < -0.3 is 15.0 Å². The molecule has 3 heteroatoms. The molecule has 0 aliphatic carbocycles. The minimum atomic E-state index is 0.259. The van der Waals surface area contributed by atoms with E-state index in [1.807, 2.05) is 12.3 Å². The van der Waals surface area contributed by atoms with Gasteiger partial charge in [-0.15, -0.1) is 0 Å². The number of nitrogens with zero attached hydrogens (tertiary/aromatic N) is 1. The first-order valence-electron chi connectivity index (χ1n) is 5.74. The number of likely N-dealkylation sites (tertiary alicyclic amines) is 1. The van der Waals surface area contributed by atoms with E-state index in [0.717, 1.165) is 13.1 Å². The Morgan fingerprint density at radius 2 is 2.27 bits per heavy atom. The van der Waals surface area contributed by atoms with Crippen molar-refractivity contribution in [2.24, 2.45) is 5.92 Å². The van der Waals surface area contributed by atoms with Crippen LogP contribution in [0.25, 0.3) is 0 Å². The fourth-order valence-electron chi connectivity index (χ4n) is 2.51. The summed E-state index contributed by atoms with van der Waals surface area (Å²) in [5.41, 5.74) is 1.19. The minimum absolute atomic E-state index is 0.259. The molecule has 2 N–H and O–H groups in total. The van der Waals surface area contributed by atoms with E-state index in [0.29, 0.717) is 11.8 Å². The van der Waals surface area contributed by atoms with Crippen LogP contribution in [0.5, 0.6) is 0 Å². The zero-order chi connectivity index (χ0) is 10.7. The van der Waals surface area contributed by atoms with Crippen LogP contribution in [0.3, 0.4) is 0 Å². The first kappa shape index (κ1) is 10.7. The molecular weight excluding hydrogens is 188 g/mol. The molecule has 2 heterocycles. The molecule has 1 aliphatic heterocycles. The van der Waals surface area contributed by atoms with Crippen LogP contribution in [0.4, 0.5) is 0 Å². The Labute approximate surface area is 91.1 Å². The molecule has 15 heavy (non-hydrogen) atoms. The molecule has 0 spiro atoms. The molecule has 1 saturated heterocycles. The minimum Gasteiger partial charge on any atom is -0.396 e. The fourth-order valence-corrected chi connectivity index (χ4v) is 2.51. The van der Waals surface area contributed by atoms with Crippen molar-refractivity contribution in [2.75, 3.05) is 26.7 Å². The number of hydrogen-bond acceptors (Lipinski definition) is 2. The average molecular weight is 208 g/mol. The Bertz CT molecular complexity index is 276. The highest BCUT2D eigenvalue weighted by Gasteiger charge is 2.26. The van der Waals surface area contributed by atoms with Crippen molar-refractivity contribution in [1.82, 2.24) is 9.88 Å². The largest absolute Gasteiger partial charge is 0.396 e. The third-order valence-electron chi connectivity index (χ3n) is 3.55. The summed E-state index contributed by atoms with van der Waals surface area (Å²) >= 11 is 0. The van der Waals surface area contributed by atoms with Crippen molar-refractivity contribution >= 4 is 0 Å². The van der Waals surface area contributed by atoms with Crippen molar-refractivity contribution < 1.29 is 5.11 Å². The standard InChI is InChI=1S/C12H20N2O/c1-14-7-4-10(5-8-14)11(9-15)12-3-2-6-13-12/h2-3,6,10-11,13,15H,4-5,7-9H2,1H3. The van der Waals surface area contributed by atoms with Gasteiger partial charge in [0.2, 0.25) is 0 Å². The van der Waals surface area contributed by atoms with Gasteiger partial charge in [0.15, 0.2) is 0 Å². The first-order valence-corrected chi connectivity index (χ1v) is 5.74. The second kappa shape index (κ2) is 4.81. The lowest BCUT2D eigenvalue weighted by Gasteiger charge is -2.33. The summed E-state index contributed by atoms with van der Waals surface area (Å²) in [5, 5.41) is 9.48. The Balaban J connectivity index is 2.01. The number of aliphatic hydroxyl groups is 1. The number of hydrogen-bond donors (Lipinski definition) is 2. The van der Waals surface area contributed by atoms with Crippen molar-refractivity contribution in [2.45, 2.75) is 18.8 Å². The molecule has 0 aromatic carbocycles. The molecule has 0 bridgehead atoms. The van der Waals surface area contributed by atoms with Gasteiger partial charge in [0.05, 0.1) is 6.61 Å². The highest BCUT2D eigenvalue weighted by molar-refractivity contribution is 5.11. The van der Waals surface area contributed by atoms with Gasteiger partial charge in [-0.2, -0.15) is 0 Å². The molecule has 1 aliphatic rings. The lowest BCUT2D eigenvalue weighted by molar-refractivity contribution is 0.155. The Kier molecular flexibility index (Phi) is 3.44. The SMILES string of the molecule is CN1CCC(C(CO)c2ccc[nH]2)CC1. The molecule has 0 saturated carbocycles. The van der Waals surface area contributed by atoms with Crippen LogP contribution in [0.15, 0.2) is 18.3 Å². The van der Waals surface area contributed by atoms with Gasteiger partial charge in [-0.05, 0) is 51.0 Å². The van der Waals surface area contributed by atoms with Crippen LogP contribution in [0, 0.1) is 5.92 Å². The van der Waals surface area contributed by atoms with Crippen LogP contribution in [0.2, 0.25) is 0 Å². The Morgan fingerprint density at radius 3 is 2.80 bits per heavy atom. The van der Waals surface area contributed by atoms with E-state index in [4.69, 9.17) is 0 Å². The molecule has 0 amide bonds. The Morgan fingerprint density at radius 1 is 1.53 bits per heavy atom. The summed E-state index contributed by atoms with van der Waals surface area (Å²) in [7, 11) is 2.17. The highest BCUT2D eigenvalue weighted by Crippen LogP contribution is 2.31. The fraction of sp³-hybridized carbons (Fsp3) is 0.667. The number of nitrogens with one attached hydrogen (secondary N) is 1. The predicted octanol–water partition coefficient (Wildman–Crippen LogP) is 1.43. The van der Waals surface area contributed by atoms with E-state index < -0.39 is 0 Å². The van der Waals surface area contributed by atoms with Crippen LogP contribution < -0.4 is 0 Å². The summed E-state index contributed by atoms with van der Waals surface area (Å²) in [6.07, 6.45) is 4.33. The maximum absolute atomic E-state index is 9.48. The Hall–Kier alpha value is -0.800. The first-order chi connectivity index (χ1) is 7.31. The summed E-state index contributed by atoms with van der Waals surface area (Å²) in [6.45, 7) is 2.57. The van der Waals surface area contributed by atoms with Gasteiger partial charge in [-0.25, -0.2) is 0 Å². The lowest BCUT2D eigenvalue weighted by atomic mass is 9.83. The van der Waals surface area contributed by atoms with Crippen LogP contribution >= 0.6 is 0 Å². The van der Waals surface area contributed by atoms with E-state index in [-0.39, 0.29) is 6.61 Å².